The SMILES string of the molecule is CCCCCCCC/C=C\C/C=C\C(O)CC(=O)NC(CO)C(O)/C=C/CCCCCCCCCCC. The Balaban J connectivity index is 3.96. The van der Waals surface area contributed by atoms with E-state index in [1.54, 1.807) is 12.2 Å². The molecule has 4 N–H and O–H groups in total. The largest absolute Gasteiger partial charge is 0.394 e. The van der Waals surface area contributed by atoms with E-state index in [9.17, 15) is 20.1 Å². The van der Waals surface area contributed by atoms with Gasteiger partial charge in [-0.2, -0.15) is 0 Å². The van der Waals surface area contributed by atoms with E-state index in [0.29, 0.717) is 0 Å². The van der Waals surface area contributed by atoms with E-state index in [1.807, 2.05) is 12.2 Å². The standard InChI is InChI=1S/C32H59NO4/c1-3-5-7-9-11-13-15-17-19-21-23-25-29(35)27-32(37)33-30(28-34)31(36)26-24-22-20-18-16-14-12-10-8-6-4-2/h17,19,23-26,29-31,34-36H,3-16,18,20-22,27-28H2,1-2H3,(H,33,37)/b19-17-,25-23-,26-24+. The molecule has 0 aliphatic heterocycles. The summed E-state index contributed by atoms with van der Waals surface area (Å²) in [5.41, 5.74) is 0. The zero-order chi connectivity index (χ0) is 27.4. The maximum absolute atomic E-state index is 12.2. The topological polar surface area (TPSA) is 89.8 Å². The number of allylic oxidation sites excluding steroid dienone is 4. The normalized spacial score (nSPS) is 14.6. The molecule has 0 aliphatic rings. The second kappa shape index (κ2) is 27.6. The zero-order valence-electron chi connectivity index (χ0n) is 24.1. The highest BCUT2D eigenvalue weighted by Gasteiger charge is 2.19. The molecular formula is C32H59NO4. The number of hydrogen-bond donors (Lipinski definition) is 4. The smallest absolute Gasteiger partial charge is 0.223 e. The van der Waals surface area contributed by atoms with Crippen molar-refractivity contribution in [1.82, 2.24) is 5.32 Å². The van der Waals surface area contributed by atoms with Gasteiger partial charge in [-0.05, 0) is 32.1 Å². The van der Waals surface area contributed by atoms with Crippen molar-refractivity contribution in [3.63, 3.8) is 0 Å². The predicted octanol–water partition coefficient (Wildman–Crippen LogP) is 7.31. The van der Waals surface area contributed by atoms with Gasteiger partial charge in [0.25, 0.3) is 0 Å². The average molecular weight is 522 g/mol. The van der Waals surface area contributed by atoms with Crippen molar-refractivity contribution in [1.29, 1.82) is 0 Å². The molecule has 0 saturated heterocycles. The van der Waals surface area contributed by atoms with Crippen LogP contribution < -0.4 is 5.32 Å². The molecule has 3 atom stereocenters. The minimum atomic E-state index is -0.947. The van der Waals surface area contributed by atoms with Crippen molar-refractivity contribution in [2.45, 2.75) is 154 Å². The highest BCUT2D eigenvalue weighted by Crippen LogP contribution is 2.11. The van der Waals surface area contributed by atoms with Crippen molar-refractivity contribution < 1.29 is 20.1 Å². The van der Waals surface area contributed by atoms with Crippen molar-refractivity contribution in [2.75, 3.05) is 6.61 Å². The molecule has 216 valence electrons. The second-order valence-corrected chi connectivity index (χ2v) is 10.4. The van der Waals surface area contributed by atoms with E-state index in [-0.39, 0.29) is 18.9 Å². The number of hydrogen-bond acceptors (Lipinski definition) is 4. The molecule has 0 bridgehead atoms. The number of rotatable bonds is 26. The van der Waals surface area contributed by atoms with Gasteiger partial charge in [-0.15, -0.1) is 0 Å². The van der Waals surface area contributed by atoms with Crippen molar-refractivity contribution >= 4 is 5.91 Å². The molecule has 1 amide bonds. The molecule has 0 fully saturated rings. The van der Waals surface area contributed by atoms with Crippen LogP contribution in [0.5, 0.6) is 0 Å². The summed E-state index contributed by atoms with van der Waals surface area (Å²) in [5, 5.41) is 32.6. The minimum Gasteiger partial charge on any atom is -0.394 e. The van der Waals surface area contributed by atoms with Gasteiger partial charge < -0.3 is 20.6 Å². The highest BCUT2D eigenvalue weighted by atomic mass is 16.3. The molecule has 0 aliphatic carbocycles. The van der Waals surface area contributed by atoms with Gasteiger partial charge in [0, 0.05) is 0 Å². The summed E-state index contributed by atoms with van der Waals surface area (Å²) < 4.78 is 0. The molecule has 3 unspecified atom stereocenters. The van der Waals surface area contributed by atoms with Crippen LogP contribution >= 0.6 is 0 Å². The molecule has 0 aromatic rings. The van der Waals surface area contributed by atoms with Crippen LogP contribution in [0, 0.1) is 0 Å². The molecule has 37 heavy (non-hydrogen) atoms. The molecule has 0 aromatic heterocycles. The first-order valence-corrected chi connectivity index (χ1v) is 15.3. The number of nitrogens with one attached hydrogen (secondary N) is 1. The summed E-state index contributed by atoms with van der Waals surface area (Å²) in [7, 11) is 0. The average Bonchev–Trinajstić information content (AvgIpc) is 2.88. The summed E-state index contributed by atoms with van der Waals surface area (Å²) in [6.45, 7) is 4.11. The van der Waals surface area contributed by atoms with Gasteiger partial charge in [-0.3, -0.25) is 4.79 Å². The van der Waals surface area contributed by atoms with E-state index in [0.717, 1.165) is 25.7 Å². The monoisotopic (exact) mass is 521 g/mol. The van der Waals surface area contributed by atoms with Crippen molar-refractivity contribution in [3.05, 3.63) is 36.5 Å². The van der Waals surface area contributed by atoms with Gasteiger partial charge >= 0.3 is 0 Å². The van der Waals surface area contributed by atoms with Crippen LogP contribution in [0.4, 0.5) is 0 Å². The van der Waals surface area contributed by atoms with Crippen molar-refractivity contribution in [2.24, 2.45) is 0 Å². The number of unbranched alkanes of at least 4 members (excludes halogenated alkanes) is 15. The first kappa shape index (κ1) is 35.6. The van der Waals surface area contributed by atoms with E-state index in [4.69, 9.17) is 0 Å². The number of amides is 1. The van der Waals surface area contributed by atoms with Crippen molar-refractivity contribution in [3.8, 4) is 0 Å². The summed E-state index contributed by atoms with van der Waals surface area (Å²) in [6.07, 6.45) is 31.4. The Morgan fingerprint density at radius 2 is 1.19 bits per heavy atom. The number of carbonyl (C=O) groups is 1. The Hall–Kier alpha value is -1.43. The van der Waals surface area contributed by atoms with E-state index in [2.05, 4.69) is 31.3 Å². The Morgan fingerprint density at radius 1 is 0.676 bits per heavy atom. The van der Waals surface area contributed by atoms with Crippen LogP contribution in [0.3, 0.4) is 0 Å². The molecule has 0 spiro atoms. The van der Waals surface area contributed by atoms with Gasteiger partial charge in [0.05, 0.1) is 31.3 Å². The maximum Gasteiger partial charge on any atom is 0.223 e. The molecule has 5 nitrogen and oxygen atoms in total. The molecule has 0 saturated carbocycles. The van der Waals surface area contributed by atoms with Gasteiger partial charge in [0.15, 0.2) is 0 Å². The van der Waals surface area contributed by atoms with Crippen LogP contribution in [0.25, 0.3) is 0 Å². The molecular weight excluding hydrogens is 462 g/mol. The lowest BCUT2D eigenvalue weighted by molar-refractivity contribution is -0.124. The Kier molecular flexibility index (Phi) is 26.5. The fraction of sp³-hybridized carbons (Fsp3) is 0.781. The maximum atomic E-state index is 12.2. The quantitative estimate of drug-likeness (QED) is 0.0710. The van der Waals surface area contributed by atoms with Crippen LogP contribution in [0.2, 0.25) is 0 Å². The fourth-order valence-electron chi connectivity index (χ4n) is 4.28. The fourth-order valence-corrected chi connectivity index (χ4v) is 4.28. The third-order valence-corrected chi connectivity index (χ3v) is 6.68. The van der Waals surface area contributed by atoms with E-state index >= 15 is 0 Å². The lowest BCUT2D eigenvalue weighted by atomic mass is 10.1. The lowest BCUT2D eigenvalue weighted by Gasteiger charge is -2.20. The molecule has 5 heteroatoms. The van der Waals surface area contributed by atoms with E-state index < -0.39 is 18.2 Å². The minimum absolute atomic E-state index is 0.0939. The third kappa shape index (κ3) is 24.7. The molecule has 0 aromatic carbocycles. The number of aliphatic hydroxyl groups is 3. The molecule has 0 heterocycles. The van der Waals surface area contributed by atoms with Gasteiger partial charge in [0.2, 0.25) is 5.91 Å². The highest BCUT2D eigenvalue weighted by molar-refractivity contribution is 5.77. The van der Waals surface area contributed by atoms with Gasteiger partial charge in [-0.25, -0.2) is 0 Å². The number of carbonyl (C=O) groups excluding carboxylic acids is 1. The summed E-state index contributed by atoms with van der Waals surface area (Å²) in [6, 6.07) is -0.770. The molecule has 0 rings (SSSR count). The zero-order valence-corrected chi connectivity index (χ0v) is 24.1. The van der Waals surface area contributed by atoms with Crippen LogP contribution in [0.15, 0.2) is 36.5 Å². The Morgan fingerprint density at radius 3 is 1.73 bits per heavy atom. The lowest BCUT2D eigenvalue weighted by Crippen LogP contribution is -2.45. The first-order valence-electron chi connectivity index (χ1n) is 15.3. The second-order valence-electron chi connectivity index (χ2n) is 10.4. The number of aliphatic hydroxyl groups excluding tert-OH is 3. The van der Waals surface area contributed by atoms with Crippen LogP contribution in [-0.2, 0) is 4.79 Å². The van der Waals surface area contributed by atoms with Crippen LogP contribution in [0.1, 0.15) is 136 Å². The Labute approximate surface area is 228 Å². The Bertz CT molecular complexity index is 587. The van der Waals surface area contributed by atoms with Crippen LogP contribution in [-0.4, -0.2) is 46.1 Å². The summed E-state index contributed by atoms with van der Waals surface area (Å²) >= 11 is 0. The predicted molar refractivity (Wildman–Crippen MR) is 158 cm³/mol. The van der Waals surface area contributed by atoms with Gasteiger partial charge in [-0.1, -0.05) is 134 Å². The van der Waals surface area contributed by atoms with E-state index in [1.165, 1.54) is 89.9 Å². The van der Waals surface area contributed by atoms with Gasteiger partial charge in [0.1, 0.15) is 0 Å². The third-order valence-electron chi connectivity index (χ3n) is 6.68. The summed E-state index contributed by atoms with van der Waals surface area (Å²) in [5.74, 6) is -0.388. The molecule has 0 radical (unpaired) electrons. The first-order chi connectivity index (χ1) is 18.0. The summed E-state index contributed by atoms with van der Waals surface area (Å²) in [4.78, 5) is 12.2.